The van der Waals surface area contributed by atoms with E-state index in [0.717, 1.165) is 9.13 Å². The van der Waals surface area contributed by atoms with Crippen molar-refractivity contribution in [2.45, 2.75) is 11.3 Å². The lowest BCUT2D eigenvalue weighted by Gasteiger charge is -2.17. The Morgan fingerprint density at radius 1 is 1.05 bits per heavy atom. The van der Waals surface area contributed by atoms with E-state index in [9.17, 15) is 8.42 Å². The monoisotopic (exact) mass is 401 g/mol. The molecule has 0 heterocycles. The molecule has 5 heteroatoms. The average Bonchev–Trinajstić information content (AvgIpc) is 2.45. The predicted octanol–water partition coefficient (Wildman–Crippen LogP) is 3.15. The topological polar surface area (TPSA) is 37.4 Å². The third-order valence-electron chi connectivity index (χ3n) is 3.06. The number of benzene rings is 2. The van der Waals surface area contributed by atoms with Crippen LogP contribution in [0.3, 0.4) is 0 Å². The summed E-state index contributed by atoms with van der Waals surface area (Å²) in [6.07, 6.45) is 0.709. The highest BCUT2D eigenvalue weighted by atomic mass is 127. The molecule has 0 spiro atoms. The fourth-order valence-electron chi connectivity index (χ4n) is 1.86. The van der Waals surface area contributed by atoms with Gasteiger partial charge in [0, 0.05) is 17.2 Å². The van der Waals surface area contributed by atoms with Crippen LogP contribution in [0.1, 0.15) is 5.56 Å². The van der Waals surface area contributed by atoms with Crippen molar-refractivity contribution in [1.29, 1.82) is 0 Å². The first-order valence-corrected chi connectivity index (χ1v) is 8.78. The molecule has 0 aliphatic rings. The number of sulfonamides is 1. The van der Waals surface area contributed by atoms with E-state index in [-0.39, 0.29) is 0 Å². The Bertz CT molecular complexity index is 671. The van der Waals surface area contributed by atoms with Crippen molar-refractivity contribution in [3.63, 3.8) is 0 Å². The molecular formula is C15H16INO2S. The molecule has 0 radical (unpaired) electrons. The molecule has 0 saturated heterocycles. The van der Waals surface area contributed by atoms with Crippen LogP contribution in [0.25, 0.3) is 0 Å². The Morgan fingerprint density at radius 3 is 2.40 bits per heavy atom. The van der Waals surface area contributed by atoms with Crippen LogP contribution in [0.2, 0.25) is 0 Å². The summed E-state index contributed by atoms with van der Waals surface area (Å²) < 4.78 is 27.2. The molecule has 0 saturated carbocycles. The average molecular weight is 401 g/mol. The molecule has 0 aliphatic heterocycles. The van der Waals surface area contributed by atoms with E-state index >= 15 is 0 Å². The molecule has 0 unspecified atom stereocenters. The normalized spacial score (nSPS) is 11.8. The van der Waals surface area contributed by atoms with Crippen molar-refractivity contribution >= 4 is 32.6 Å². The van der Waals surface area contributed by atoms with Gasteiger partial charge in [0.05, 0.1) is 4.90 Å². The molecule has 0 amide bonds. The zero-order chi connectivity index (χ0) is 14.6. The van der Waals surface area contributed by atoms with Gasteiger partial charge in [-0.05, 0) is 52.8 Å². The largest absolute Gasteiger partial charge is 0.242 e. The van der Waals surface area contributed by atoms with E-state index in [4.69, 9.17) is 0 Å². The van der Waals surface area contributed by atoms with Crippen molar-refractivity contribution in [2.75, 3.05) is 13.6 Å². The van der Waals surface area contributed by atoms with E-state index in [1.54, 1.807) is 25.2 Å². The van der Waals surface area contributed by atoms with Crippen LogP contribution in [0, 0.1) is 3.57 Å². The number of nitrogens with zero attached hydrogens (tertiary/aromatic N) is 1. The van der Waals surface area contributed by atoms with Gasteiger partial charge in [-0.1, -0.05) is 36.4 Å². The number of rotatable bonds is 5. The third kappa shape index (κ3) is 3.80. The van der Waals surface area contributed by atoms with Crippen LogP contribution in [-0.4, -0.2) is 26.3 Å². The summed E-state index contributed by atoms with van der Waals surface area (Å²) in [7, 11) is -1.78. The molecule has 2 rings (SSSR count). The number of hydrogen-bond donors (Lipinski definition) is 0. The first kappa shape index (κ1) is 15.5. The standard InChI is InChI=1S/C15H16INO2S/c1-17(11-10-13-6-3-2-4-7-13)20(18,19)15-9-5-8-14(16)12-15/h2-9,12H,10-11H2,1H3. The third-order valence-corrected chi connectivity index (χ3v) is 5.59. The maximum absolute atomic E-state index is 12.4. The van der Waals surface area contributed by atoms with Gasteiger partial charge >= 0.3 is 0 Å². The molecule has 0 atom stereocenters. The Balaban J connectivity index is 2.10. The van der Waals surface area contributed by atoms with E-state index in [2.05, 4.69) is 22.6 Å². The highest BCUT2D eigenvalue weighted by molar-refractivity contribution is 14.1. The summed E-state index contributed by atoms with van der Waals surface area (Å²) in [4.78, 5) is 0.347. The maximum atomic E-state index is 12.4. The van der Waals surface area contributed by atoms with Crippen molar-refractivity contribution < 1.29 is 8.42 Å². The molecule has 2 aromatic rings. The first-order chi connectivity index (χ1) is 9.50. The minimum atomic E-state index is -3.40. The van der Waals surface area contributed by atoms with Crippen LogP contribution in [0.5, 0.6) is 0 Å². The Hall–Kier alpha value is -0.920. The van der Waals surface area contributed by atoms with Gasteiger partial charge in [-0.2, -0.15) is 0 Å². The number of hydrogen-bond acceptors (Lipinski definition) is 2. The highest BCUT2D eigenvalue weighted by Crippen LogP contribution is 2.17. The van der Waals surface area contributed by atoms with E-state index < -0.39 is 10.0 Å². The number of halogens is 1. The SMILES string of the molecule is CN(CCc1ccccc1)S(=O)(=O)c1cccc(I)c1. The summed E-state index contributed by atoms with van der Waals surface area (Å²) in [6, 6.07) is 16.9. The molecule has 3 nitrogen and oxygen atoms in total. The fraction of sp³-hybridized carbons (Fsp3) is 0.200. The van der Waals surface area contributed by atoms with Crippen LogP contribution < -0.4 is 0 Å². The summed E-state index contributed by atoms with van der Waals surface area (Å²) in [5.74, 6) is 0. The first-order valence-electron chi connectivity index (χ1n) is 6.26. The van der Waals surface area contributed by atoms with Crippen LogP contribution in [-0.2, 0) is 16.4 Å². The van der Waals surface area contributed by atoms with Crippen molar-refractivity contribution in [1.82, 2.24) is 4.31 Å². The summed E-state index contributed by atoms with van der Waals surface area (Å²) in [5.41, 5.74) is 1.14. The molecule has 0 fully saturated rings. The smallest absolute Gasteiger partial charge is 0.207 e. The quantitative estimate of drug-likeness (QED) is 0.722. The fourth-order valence-corrected chi connectivity index (χ4v) is 3.83. The van der Waals surface area contributed by atoms with Crippen LogP contribution in [0.4, 0.5) is 0 Å². The second-order valence-electron chi connectivity index (χ2n) is 4.52. The lowest BCUT2D eigenvalue weighted by atomic mass is 10.2. The summed E-state index contributed by atoms with van der Waals surface area (Å²) in [6.45, 7) is 0.470. The maximum Gasteiger partial charge on any atom is 0.242 e. The Labute approximate surface area is 133 Å². The second-order valence-corrected chi connectivity index (χ2v) is 7.81. The second kappa shape index (κ2) is 6.69. The minimum absolute atomic E-state index is 0.347. The lowest BCUT2D eigenvalue weighted by Crippen LogP contribution is -2.29. The van der Waals surface area contributed by atoms with E-state index in [1.807, 2.05) is 36.4 Å². The zero-order valence-electron chi connectivity index (χ0n) is 11.2. The highest BCUT2D eigenvalue weighted by Gasteiger charge is 2.20. The molecule has 2 aromatic carbocycles. The Morgan fingerprint density at radius 2 is 1.75 bits per heavy atom. The van der Waals surface area contributed by atoms with Crippen molar-refractivity contribution in [3.05, 3.63) is 63.7 Å². The van der Waals surface area contributed by atoms with Gasteiger partial charge in [-0.3, -0.25) is 0 Å². The molecule has 0 bridgehead atoms. The molecule has 0 N–H and O–H groups in total. The van der Waals surface area contributed by atoms with Crippen molar-refractivity contribution in [3.8, 4) is 0 Å². The van der Waals surface area contributed by atoms with Gasteiger partial charge in [-0.15, -0.1) is 0 Å². The van der Waals surface area contributed by atoms with Gasteiger partial charge in [0.25, 0.3) is 0 Å². The lowest BCUT2D eigenvalue weighted by molar-refractivity contribution is 0.472. The van der Waals surface area contributed by atoms with E-state index in [0.29, 0.717) is 17.9 Å². The van der Waals surface area contributed by atoms with E-state index in [1.165, 1.54) is 4.31 Å². The van der Waals surface area contributed by atoms with Crippen molar-refractivity contribution in [2.24, 2.45) is 0 Å². The molecule has 0 aliphatic carbocycles. The van der Waals surface area contributed by atoms with Gasteiger partial charge in [0.15, 0.2) is 0 Å². The predicted molar refractivity (Wildman–Crippen MR) is 89.1 cm³/mol. The van der Waals surface area contributed by atoms with Crippen LogP contribution >= 0.6 is 22.6 Å². The van der Waals surface area contributed by atoms with Gasteiger partial charge < -0.3 is 0 Å². The zero-order valence-corrected chi connectivity index (χ0v) is 14.1. The van der Waals surface area contributed by atoms with Crippen LogP contribution in [0.15, 0.2) is 59.5 Å². The Kier molecular flexibility index (Phi) is 5.17. The minimum Gasteiger partial charge on any atom is -0.207 e. The molecule has 20 heavy (non-hydrogen) atoms. The summed E-state index contributed by atoms with van der Waals surface area (Å²) in [5, 5.41) is 0. The van der Waals surface area contributed by atoms with Gasteiger partial charge in [-0.25, -0.2) is 12.7 Å². The molecule has 0 aromatic heterocycles. The summed E-state index contributed by atoms with van der Waals surface area (Å²) >= 11 is 2.12. The molecular weight excluding hydrogens is 385 g/mol. The molecule has 106 valence electrons. The number of likely N-dealkylation sites (N-methyl/N-ethyl adjacent to an activating group) is 1. The van der Waals surface area contributed by atoms with Gasteiger partial charge in [0.2, 0.25) is 10.0 Å². The van der Waals surface area contributed by atoms with Gasteiger partial charge in [0.1, 0.15) is 0 Å².